The monoisotopic (exact) mass is 429 g/mol. The van der Waals surface area contributed by atoms with Crippen LogP contribution >= 0.6 is 0 Å². The Labute approximate surface area is 158 Å². The summed E-state index contributed by atoms with van der Waals surface area (Å²) in [6.07, 6.45) is 0. The van der Waals surface area contributed by atoms with Crippen LogP contribution in [0.5, 0.6) is 0 Å². The minimum absolute atomic E-state index is 0.194. The van der Waals surface area contributed by atoms with Crippen molar-refractivity contribution < 1.29 is 25.6 Å². The van der Waals surface area contributed by atoms with Gasteiger partial charge in [0.15, 0.2) is 5.82 Å². The number of hydrogen-bond acceptors (Lipinski definition) is 7. The van der Waals surface area contributed by atoms with Crippen molar-refractivity contribution >= 4 is 26.0 Å². The van der Waals surface area contributed by atoms with Crippen LogP contribution in [-0.4, -0.2) is 31.0 Å². The second-order valence-electron chi connectivity index (χ2n) is 5.47. The fourth-order valence-corrected chi connectivity index (χ4v) is 4.32. The van der Waals surface area contributed by atoms with E-state index < -0.39 is 44.2 Å². The van der Waals surface area contributed by atoms with Gasteiger partial charge in [-0.3, -0.25) is 0 Å². The summed E-state index contributed by atoms with van der Waals surface area (Å²) in [6.45, 7) is -0.462. The van der Waals surface area contributed by atoms with Gasteiger partial charge < -0.3 is 5.73 Å². The summed E-state index contributed by atoms with van der Waals surface area (Å²) in [5, 5.41) is 3.70. The van der Waals surface area contributed by atoms with Gasteiger partial charge in [0.2, 0.25) is 16.0 Å². The minimum Gasteiger partial charge on any atom is -0.367 e. The Kier molecular flexibility index (Phi) is 5.14. The summed E-state index contributed by atoms with van der Waals surface area (Å²) >= 11 is 0. The lowest BCUT2D eigenvalue weighted by atomic mass is 10.4. The van der Waals surface area contributed by atoms with Crippen LogP contribution < -0.4 is 10.5 Å². The van der Waals surface area contributed by atoms with Crippen molar-refractivity contribution in [2.24, 2.45) is 0 Å². The smallest absolute Gasteiger partial charge is 0.286 e. The van der Waals surface area contributed by atoms with E-state index in [1.807, 2.05) is 0 Å². The van der Waals surface area contributed by atoms with E-state index in [2.05, 4.69) is 14.8 Å². The largest absolute Gasteiger partial charge is 0.367 e. The molecule has 2 aromatic carbocycles. The number of nitrogen functional groups attached to an aromatic ring is 1. The van der Waals surface area contributed by atoms with Crippen LogP contribution in [0, 0.1) is 11.6 Å². The van der Waals surface area contributed by atoms with Gasteiger partial charge in [-0.1, -0.05) is 0 Å². The quantitative estimate of drug-likeness (QED) is 0.593. The maximum absolute atomic E-state index is 13.0. The van der Waals surface area contributed by atoms with Crippen molar-refractivity contribution in [3.63, 3.8) is 0 Å². The molecule has 0 saturated carbocycles. The zero-order chi connectivity index (χ0) is 20.5. The number of benzene rings is 2. The second kappa shape index (κ2) is 7.26. The van der Waals surface area contributed by atoms with Gasteiger partial charge in [0.1, 0.15) is 11.6 Å². The highest BCUT2D eigenvalue weighted by Crippen LogP contribution is 2.17. The zero-order valence-electron chi connectivity index (χ0n) is 14.0. The van der Waals surface area contributed by atoms with Crippen molar-refractivity contribution in [2.75, 3.05) is 5.73 Å². The Bertz CT molecular complexity index is 1210. The van der Waals surface area contributed by atoms with E-state index in [-0.39, 0.29) is 15.6 Å². The van der Waals surface area contributed by atoms with Gasteiger partial charge in [0, 0.05) is 0 Å². The number of nitrogens with zero attached hydrogens (tertiary/aromatic N) is 3. The number of nitrogens with two attached hydrogens (primary N) is 1. The lowest BCUT2D eigenvalue weighted by Crippen LogP contribution is -2.24. The van der Waals surface area contributed by atoms with E-state index in [1.165, 1.54) is 0 Å². The molecule has 3 N–H and O–H groups in total. The molecule has 13 heteroatoms. The predicted octanol–water partition coefficient (Wildman–Crippen LogP) is 0.854. The fourth-order valence-electron chi connectivity index (χ4n) is 2.17. The van der Waals surface area contributed by atoms with Crippen molar-refractivity contribution in [1.82, 2.24) is 18.9 Å². The topological polar surface area (TPSA) is 137 Å². The molecule has 0 saturated heterocycles. The molecule has 3 rings (SSSR count). The molecular formula is C15H13F2N5O4S2. The van der Waals surface area contributed by atoms with Crippen molar-refractivity contribution in [3.05, 3.63) is 66.0 Å². The van der Waals surface area contributed by atoms with Crippen LogP contribution in [0.3, 0.4) is 0 Å². The second-order valence-corrected chi connectivity index (χ2v) is 9.00. The molecule has 0 aliphatic carbocycles. The number of nitrogens with one attached hydrogen (secondary N) is 1. The molecule has 148 valence electrons. The van der Waals surface area contributed by atoms with Crippen molar-refractivity contribution in [2.45, 2.75) is 16.3 Å². The first kappa shape index (κ1) is 19.9. The molecule has 1 heterocycles. The number of aromatic nitrogens is 3. The first-order valence-corrected chi connectivity index (χ1v) is 10.5. The summed E-state index contributed by atoms with van der Waals surface area (Å²) in [5.41, 5.74) is 5.58. The number of hydrogen-bond donors (Lipinski definition) is 2. The first-order valence-electron chi connectivity index (χ1n) is 7.57. The first-order chi connectivity index (χ1) is 13.1. The summed E-state index contributed by atoms with van der Waals surface area (Å²) in [7, 11) is -8.25. The summed E-state index contributed by atoms with van der Waals surface area (Å²) in [5.74, 6) is -1.94. The van der Waals surface area contributed by atoms with Crippen LogP contribution in [0.4, 0.5) is 14.7 Å². The van der Waals surface area contributed by atoms with E-state index in [0.717, 1.165) is 48.5 Å². The van der Waals surface area contributed by atoms with Gasteiger partial charge in [-0.25, -0.2) is 21.9 Å². The summed E-state index contributed by atoms with van der Waals surface area (Å²) in [4.78, 5) is 3.25. The molecule has 0 aliphatic heterocycles. The third kappa shape index (κ3) is 4.00. The summed E-state index contributed by atoms with van der Waals surface area (Å²) < 4.78 is 77.9. The SMILES string of the molecule is Nc1nc(CNS(=O)(=O)c2ccc(F)cc2)nn1S(=O)(=O)c1ccc(F)cc1. The van der Waals surface area contributed by atoms with Gasteiger partial charge >= 0.3 is 0 Å². The van der Waals surface area contributed by atoms with E-state index in [4.69, 9.17) is 5.73 Å². The molecule has 0 fully saturated rings. The van der Waals surface area contributed by atoms with E-state index >= 15 is 0 Å². The maximum atomic E-state index is 13.0. The highest BCUT2D eigenvalue weighted by Gasteiger charge is 2.23. The molecule has 28 heavy (non-hydrogen) atoms. The fraction of sp³-hybridized carbons (Fsp3) is 0.0667. The lowest BCUT2D eigenvalue weighted by molar-refractivity contribution is 0.576. The van der Waals surface area contributed by atoms with E-state index in [9.17, 15) is 25.6 Å². The molecule has 0 aliphatic rings. The average molecular weight is 429 g/mol. The Balaban J connectivity index is 1.82. The zero-order valence-corrected chi connectivity index (χ0v) is 15.6. The van der Waals surface area contributed by atoms with Gasteiger partial charge in [-0.2, -0.15) is 13.4 Å². The highest BCUT2D eigenvalue weighted by atomic mass is 32.2. The molecule has 0 radical (unpaired) electrons. The van der Waals surface area contributed by atoms with Gasteiger partial charge in [0.05, 0.1) is 16.3 Å². The van der Waals surface area contributed by atoms with Crippen molar-refractivity contribution in [3.8, 4) is 0 Å². The van der Waals surface area contributed by atoms with Crippen LogP contribution in [0.25, 0.3) is 0 Å². The third-order valence-corrected chi connectivity index (χ3v) is 6.54. The predicted molar refractivity (Wildman–Crippen MR) is 93.8 cm³/mol. The minimum atomic E-state index is -4.24. The number of anilines is 1. The van der Waals surface area contributed by atoms with Gasteiger partial charge in [-0.05, 0) is 48.5 Å². The van der Waals surface area contributed by atoms with Crippen LogP contribution in [0.15, 0.2) is 58.3 Å². The molecule has 0 unspecified atom stereocenters. The molecule has 3 aromatic rings. The van der Waals surface area contributed by atoms with Crippen LogP contribution in [-0.2, 0) is 26.6 Å². The molecule has 9 nitrogen and oxygen atoms in total. The van der Waals surface area contributed by atoms with Gasteiger partial charge in [-0.15, -0.1) is 9.19 Å². The molecular weight excluding hydrogens is 416 g/mol. The molecule has 0 bridgehead atoms. The Morgan fingerprint density at radius 2 is 1.39 bits per heavy atom. The molecule has 0 amide bonds. The van der Waals surface area contributed by atoms with Crippen LogP contribution in [0.2, 0.25) is 0 Å². The number of halogens is 2. The van der Waals surface area contributed by atoms with E-state index in [0.29, 0.717) is 4.09 Å². The Morgan fingerprint density at radius 3 is 1.93 bits per heavy atom. The normalized spacial score (nSPS) is 12.2. The number of sulfonamides is 1. The number of rotatable bonds is 6. The van der Waals surface area contributed by atoms with Crippen molar-refractivity contribution in [1.29, 1.82) is 0 Å². The van der Waals surface area contributed by atoms with Gasteiger partial charge in [0.25, 0.3) is 10.0 Å². The van der Waals surface area contributed by atoms with E-state index in [1.54, 1.807) is 0 Å². The Hall–Kier alpha value is -2.90. The highest BCUT2D eigenvalue weighted by molar-refractivity contribution is 7.90. The third-order valence-electron chi connectivity index (χ3n) is 3.53. The molecule has 0 spiro atoms. The standard InChI is InChI=1S/C15H13F2N5O4S2/c16-10-1-5-12(6-2-10)27(23,24)19-9-14-20-15(18)22(21-14)28(25,26)13-7-3-11(17)4-8-13/h1-8,19H,9H2,(H2,18,20,21). The lowest BCUT2D eigenvalue weighted by Gasteiger charge is -2.05. The average Bonchev–Trinajstić information content (AvgIpc) is 3.02. The summed E-state index contributed by atoms with van der Waals surface area (Å²) in [6, 6.07) is 8.07. The molecule has 1 aromatic heterocycles. The Morgan fingerprint density at radius 1 is 0.893 bits per heavy atom. The van der Waals surface area contributed by atoms with Crippen LogP contribution in [0.1, 0.15) is 5.82 Å². The maximum Gasteiger partial charge on any atom is 0.286 e. The molecule has 0 atom stereocenters.